The van der Waals surface area contributed by atoms with Crippen LogP contribution in [-0.4, -0.2) is 17.6 Å². The van der Waals surface area contributed by atoms with Crippen LogP contribution in [0.3, 0.4) is 0 Å². The fourth-order valence-electron chi connectivity index (χ4n) is 1.96. The fraction of sp³-hybridized carbons (Fsp3) is 0.188. The van der Waals surface area contributed by atoms with Crippen molar-refractivity contribution in [1.29, 1.82) is 0 Å². The summed E-state index contributed by atoms with van der Waals surface area (Å²) in [5.41, 5.74) is 2.21. The molecule has 0 fully saturated rings. The molecule has 0 unspecified atom stereocenters. The Balaban J connectivity index is 2.14. The number of amides is 1. The highest BCUT2D eigenvalue weighted by molar-refractivity contribution is 9.10. The first-order valence-electron chi connectivity index (χ1n) is 6.56. The zero-order chi connectivity index (χ0) is 15.2. The second-order valence-electron chi connectivity index (χ2n) is 4.61. The standard InChI is InChI=1S/C16H15BrClNO2/c17-12-6-7-15(18)14(10-12)16(21)19-13-5-1-3-11(9-13)4-2-8-20/h1,3,5-7,9-10,20H,2,4,8H2,(H,19,21). The number of aliphatic hydroxyl groups is 1. The topological polar surface area (TPSA) is 49.3 Å². The van der Waals surface area contributed by atoms with Crippen molar-refractivity contribution in [3.63, 3.8) is 0 Å². The molecule has 2 aromatic rings. The second-order valence-corrected chi connectivity index (χ2v) is 5.93. The van der Waals surface area contributed by atoms with Crippen LogP contribution < -0.4 is 5.32 Å². The van der Waals surface area contributed by atoms with E-state index in [4.69, 9.17) is 16.7 Å². The Morgan fingerprint density at radius 3 is 2.81 bits per heavy atom. The van der Waals surface area contributed by atoms with Gasteiger partial charge in [-0.1, -0.05) is 39.7 Å². The summed E-state index contributed by atoms with van der Waals surface area (Å²) in [4.78, 5) is 12.3. The maximum Gasteiger partial charge on any atom is 0.257 e. The highest BCUT2D eigenvalue weighted by Gasteiger charge is 2.11. The maximum absolute atomic E-state index is 12.3. The third-order valence-electron chi connectivity index (χ3n) is 2.98. The van der Waals surface area contributed by atoms with Crippen molar-refractivity contribution >= 4 is 39.1 Å². The summed E-state index contributed by atoms with van der Waals surface area (Å²) >= 11 is 9.38. The van der Waals surface area contributed by atoms with E-state index in [1.54, 1.807) is 18.2 Å². The van der Waals surface area contributed by atoms with Gasteiger partial charge in [0.1, 0.15) is 0 Å². The monoisotopic (exact) mass is 367 g/mol. The molecular weight excluding hydrogens is 354 g/mol. The van der Waals surface area contributed by atoms with Gasteiger partial charge in [-0.3, -0.25) is 4.79 Å². The van der Waals surface area contributed by atoms with Gasteiger partial charge in [0.2, 0.25) is 0 Å². The second kappa shape index (κ2) is 7.59. The van der Waals surface area contributed by atoms with E-state index in [1.807, 2.05) is 24.3 Å². The summed E-state index contributed by atoms with van der Waals surface area (Å²) in [7, 11) is 0. The van der Waals surface area contributed by atoms with E-state index >= 15 is 0 Å². The van der Waals surface area contributed by atoms with Gasteiger partial charge in [-0.15, -0.1) is 0 Å². The molecule has 2 aromatic carbocycles. The van der Waals surface area contributed by atoms with Crippen LogP contribution in [0.15, 0.2) is 46.9 Å². The van der Waals surface area contributed by atoms with Gasteiger partial charge >= 0.3 is 0 Å². The minimum absolute atomic E-state index is 0.157. The highest BCUT2D eigenvalue weighted by atomic mass is 79.9. The quantitative estimate of drug-likeness (QED) is 0.827. The molecule has 110 valence electrons. The van der Waals surface area contributed by atoms with Gasteiger partial charge in [-0.2, -0.15) is 0 Å². The zero-order valence-corrected chi connectivity index (χ0v) is 13.6. The molecule has 0 aliphatic heterocycles. The van der Waals surface area contributed by atoms with Crippen molar-refractivity contribution in [1.82, 2.24) is 0 Å². The van der Waals surface area contributed by atoms with Gasteiger partial charge < -0.3 is 10.4 Å². The van der Waals surface area contributed by atoms with E-state index < -0.39 is 0 Å². The molecule has 0 aliphatic carbocycles. The van der Waals surface area contributed by atoms with Gasteiger partial charge in [0.05, 0.1) is 10.6 Å². The Labute approximate surface area is 137 Å². The summed E-state index contributed by atoms with van der Waals surface area (Å²) in [5.74, 6) is -0.249. The third kappa shape index (κ3) is 4.56. The molecule has 0 radical (unpaired) electrons. The van der Waals surface area contributed by atoms with E-state index in [0.717, 1.165) is 16.5 Å². The van der Waals surface area contributed by atoms with E-state index in [2.05, 4.69) is 21.2 Å². The van der Waals surface area contributed by atoms with E-state index in [0.29, 0.717) is 22.7 Å². The molecule has 0 saturated heterocycles. The Hall–Kier alpha value is -1.36. The van der Waals surface area contributed by atoms with E-state index in [-0.39, 0.29) is 12.5 Å². The third-order valence-corrected chi connectivity index (χ3v) is 3.80. The molecule has 21 heavy (non-hydrogen) atoms. The molecule has 0 saturated carbocycles. The van der Waals surface area contributed by atoms with Crippen LogP contribution >= 0.6 is 27.5 Å². The molecule has 0 aromatic heterocycles. The number of halogens is 2. The van der Waals surface area contributed by atoms with Gasteiger partial charge in [0, 0.05) is 16.8 Å². The molecular formula is C16H15BrClNO2. The van der Waals surface area contributed by atoms with Crippen molar-refractivity contribution in [2.24, 2.45) is 0 Å². The predicted molar refractivity (Wildman–Crippen MR) is 89.0 cm³/mol. The first-order chi connectivity index (χ1) is 10.1. The average Bonchev–Trinajstić information content (AvgIpc) is 2.48. The van der Waals surface area contributed by atoms with Crippen LogP contribution in [0.2, 0.25) is 5.02 Å². The molecule has 2 rings (SSSR count). The molecule has 0 atom stereocenters. The molecule has 3 nitrogen and oxygen atoms in total. The van der Waals surface area contributed by atoms with Crippen LogP contribution in [0.4, 0.5) is 5.69 Å². The number of benzene rings is 2. The number of carbonyl (C=O) groups excluding carboxylic acids is 1. The van der Waals surface area contributed by atoms with Gasteiger partial charge in [0.15, 0.2) is 0 Å². The molecule has 0 aliphatic rings. The van der Waals surface area contributed by atoms with E-state index in [9.17, 15) is 4.79 Å². The van der Waals surface area contributed by atoms with Crippen molar-refractivity contribution in [2.45, 2.75) is 12.8 Å². The van der Waals surface area contributed by atoms with Crippen molar-refractivity contribution in [3.05, 3.63) is 63.1 Å². The van der Waals surface area contributed by atoms with Gasteiger partial charge in [-0.05, 0) is 48.7 Å². The molecule has 0 bridgehead atoms. The molecule has 0 spiro atoms. The Morgan fingerprint density at radius 1 is 1.24 bits per heavy atom. The number of hydrogen-bond acceptors (Lipinski definition) is 2. The number of rotatable bonds is 5. The van der Waals surface area contributed by atoms with Crippen LogP contribution in [0, 0.1) is 0 Å². The predicted octanol–water partition coefficient (Wildman–Crippen LogP) is 4.28. The van der Waals surface area contributed by atoms with Crippen LogP contribution in [-0.2, 0) is 6.42 Å². The fourth-order valence-corrected chi connectivity index (χ4v) is 2.52. The molecule has 0 heterocycles. The Morgan fingerprint density at radius 2 is 2.05 bits per heavy atom. The normalized spacial score (nSPS) is 10.4. The number of hydrogen-bond donors (Lipinski definition) is 2. The van der Waals surface area contributed by atoms with Crippen molar-refractivity contribution < 1.29 is 9.90 Å². The zero-order valence-electron chi connectivity index (χ0n) is 11.3. The van der Waals surface area contributed by atoms with Crippen LogP contribution in [0.25, 0.3) is 0 Å². The molecule has 5 heteroatoms. The lowest BCUT2D eigenvalue weighted by Crippen LogP contribution is -2.12. The Kier molecular flexibility index (Phi) is 5.79. The molecule has 2 N–H and O–H groups in total. The summed E-state index contributed by atoms with van der Waals surface area (Å²) in [6.45, 7) is 0.157. The lowest BCUT2D eigenvalue weighted by molar-refractivity contribution is 0.102. The Bertz CT molecular complexity index is 646. The summed E-state index contributed by atoms with van der Waals surface area (Å²) in [6.07, 6.45) is 1.48. The number of aryl methyl sites for hydroxylation is 1. The summed E-state index contributed by atoms with van der Waals surface area (Å²) in [5, 5.41) is 12.1. The summed E-state index contributed by atoms with van der Waals surface area (Å²) in [6, 6.07) is 12.7. The van der Waals surface area contributed by atoms with Crippen LogP contribution in [0.5, 0.6) is 0 Å². The van der Waals surface area contributed by atoms with Gasteiger partial charge in [0.25, 0.3) is 5.91 Å². The van der Waals surface area contributed by atoms with Crippen LogP contribution in [0.1, 0.15) is 22.3 Å². The first-order valence-corrected chi connectivity index (χ1v) is 7.73. The maximum atomic E-state index is 12.3. The lowest BCUT2D eigenvalue weighted by atomic mass is 10.1. The highest BCUT2D eigenvalue weighted by Crippen LogP contribution is 2.22. The minimum Gasteiger partial charge on any atom is -0.396 e. The first kappa shape index (κ1) is 16.0. The number of aliphatic hydroxyl groups excluding tert-OH is 1. The van der Waals surface area contributed by atoms with E-state index in [1.165, 1.54) is 0 Å². The average molecular weight is 369 g/mol. The van der Waals surface area contributed by atoms with Gasteiger partial charge in [-0.25, -0.2) is 0 Å². The number of carbonyl (C=O) groups is 1. The summed E-state index contributed by atoms with van der Waals surface area (Å²) < 4.78 is 0.800. The smallest absolute Gasteiger partial charge is 0.257 e. The minimum atomic E-state index is -0.249. The lowest BCUT2D eigenvalue weighted by Gasteiger charge is -2.09. The molecule has 1 amide bonds. The van der Waals surface area contributed by atoms with Crippen molar-refractivity contribution in [3.8, 4) is 0 Å². The number of anilines is 1. The number of nitrogens with one attached hydrogen (secondary N) is 1. The largest absolute Gasteiger partial charge is 0.396 e. The SMILES string of the molecule is O=C(Nc1cccc(CCCO)c1)c1cc(Br)ccc1Cl. The van der Waals surface area contributed by atoms with Crippen molar-refractivity contribution in [2.75, 3.05) is 11.9 Å².